The Morgan fingerprint density at radius 2 is 2.00 bits per heavy atom. The quantitative estimate of drug-likeness (QED) is 0.667. The second-order valence-corrected chi connectivity index (χ2v) is 7.82. The summed E-state index contributed by atoms with van der Waals surface area (Å²) >= 11 is 0. The lowest BCUT2D eigenvalue weighted by atomic mass is 9.96. The van der Waals surface area contributed by atoms with E-state index in [0.717, 1.165) is 31.3 Å². The van der Waals surface area contributed by atoms with Crippen molar-refractivity contribution in [2.75, 3.05) is 25.0 Å². The third-order valence-corrected chi connectivity index (χ3v) is 5.96. The number of amides is 1. The number of carbonyl (C=O) groups excluding carboxylic acids is 1. The van der Waals surface area contributed by atoms with Crippen molar-refractivity contribution in [2.45, 2.75) is 33.1 Å². The second kappa shape index (κ2) is 8.16. The molecule has 2 heterocycles. The molecule has 0 radical (unpaired) electrons. The Kier molecular flexibility index (Phi) is 5.43. The SMILES string of the molecule is CCc1ccccc1N(C)/C(=C1\CCCN(C(C)=O)C1)c1ccc2[nH]ccc2c1. The van der Waals surface area contributed by atoms with Crippen LogP contribution < -0.4 is 4.90 Å². The molecule has 3 aromatic rings. The zero-order valence-electron chi connectivity index (χ0n) is 17.5. The lowest BCUT2D eigenvalue weighted by molar-refractivity contribution is -0.128. The number of piperidine rings is 1. The van der Waals surface area contributed by atoms with Crippen molar-refractivity contribution >= 4 is 28.2 Å². The van der Waals surface area contributed by atoms with E-state index in [0.29, 0.717) is 6.54 Å². The molecule has 1 saturated heterocycles. The van der Waals surface area contributed by atoms with Crippen molar-refractivity contribution in [1.29, 1.82) is 0 Å². The van der Waals surface area contributed by atoms with Crippen LogP contribution in [0, 0.1) is 0 Å². The standard InChI is InChI=1S/C25H29N3O/c1-4-19-8-5-6-10-24(19)27(3)25(22-9-7-15-28(17-22)18(2)29)21-11-12-23-20(16-21)13-14-26-23/h5-6,8,10-14,16,26H,4,7,9,15,17H2,1-3H3/b25-22+. The minimum atomic E-state index is 0.152. The van der Waals surface area contributed by atoms with Crippen LogP contribution in [0.1, 0.15) is 37.8 Å². The van der Waals surface area contributed by atoms with Gasteiger partial charge in [0.25, 0.3) is 0 Å². The Balaban J connectivity index is 1.86. The molecular weight excluding hydrogens is 358 g/mol. The molecule has 4 heteroatoms. The number of hydrogen-bond acceptors (Lipinski definition) is 2. The molecule has 29 heavy (non-hydrogen) atoms. The lowest BCUT2D eigenvalue weighted by Crippen LogP contribution is -2.36. The summed E-state index contributed by atoms with van der Waals surface area (Å²) in [5, 5.41) is 1.21. The molecule has 1 aliphatic rings. The number of carbonyl (C=O) groups is 1. The van der Waals surface area contributed by atoms with Gasteiger partial charge in [0.2, 0.25) is 5.91 Å². The van der Waals surface area contributed by atoms with Gasteiger partial charge in [0.15, 0.2) is 0 Å². The third kappa shape index (κ3) is 3.80. The number of aromatic amines is 1. The molecule has 1 fully saturated rings. The maximum atomic E-state index is 12.1. The molecule has 4 nitrogen and oxygen atoms in total. The van der Waals surface area contributed by atoms with Gasteiger partial charge >= 0.3 is 0 Å². The van der Waals surface area contributed by atoms with Crippen molar-refractivity contribution < 1.29 is 4.79 Å². The number of likely N-dealkylation sites (tertiary alicyclic amines) is 1. The van der Waals surface area contributed by atoms with Crippen LogP contribution in [0.2, 0.25) is 0 Å². The van der Waals surface area contributed by atoms with Crippen molar-refractivity contribution in [3.05, 3.63) is 71.4 Å². The highest BCUT2D eigenvalue weighted by Crippen LogP contribution is 2.34. The Bertz CT molecular complexity index is 1060. The van der Waals surface area contributed by atoms with E-state index < -0.39 is 0 Å². The van der Waals surface area contributed by atoms with Crippen LogP contribution in [-0.2, 0) is 11.2 Å². The molecule has 150 valence electrons. The molecule has 0 aliphatic carbocycles. The smallest absolute Gasteiger partial charge is 0.219 e. The van der Waals surface area contributed by atoms with Crippen LogP contribution in [0.3, 0.4) is 0 Å². The van der Waals surface area contributed by atoms with Gasteiger partial charge in [-0.3, -0.25) is 4.79 Å². The normalized spacial score (nSPS) is 16.2. The van der Waals surface area contributed by atoms with Crippen LogP contribution in [0.5, 0.6) is 0 Å². The van der Waals surface area contributed by atoms with Crippen LogP contribution >= 0.6 is 0 Å². The molecule has 1 N–H and O–H groups in total. The van der Waals surface area contributed by atoms with Crippen LogP contribution in [-0.4, -0.2) is 35.9 Å². The molecule has 1 amide bonds. The fourth-order valence-corrected chi connectivity index (χ4v) is 4.43. The lowest BCUT2D eigenvalue weighted by Gasteiger charge is -2.34. The number of anilines is 1. The van der Waals surface area contributed by atoms with Gasteiger partial charge in [-0.2, -0.15) is 0 Å². The Hall–Kier alpha value is -3.01. The van der Waals surface area contributed by atoms with E-state index in [1.54, 1.807) is 6.92 Å². The van der Waals surface area contributed by atoms with Gasteiger partial charge in [-0.05, 0) is 60.2 Å². The summed E-state index contributed by atoms with van der Waals surface area (Å²) in [6.07, 6.45) is 4.99. The van der Waals surface area contributed by atoms with E-state index >= 15 is 0 Å². The number of nitrogens with zero attached hydrogens (tertiary/aromatic N) is 2. The molecule has 0 atom stereocenters. The minimum Gasteiger partial charge on any atom is -0.361 e. The Labute approximate surface area is 172 Å². The van der Waals surface area contributed by atoms with E-state index in [-0.39, 0.29) is 5.91 Å². The topological polar surface area (TPSA) is 39.3 Å². The zero-order valence-corrected chi connectivity index (χ0v) is 17.5. The molecule has 4 rings (SSSR count). The molecular formula is C25H29N3O. The molecule has 2 aromatic carbocycles. The molecule has 0 bridgehead atoms. The first-order valence-electron chi connectivity index (χ1n) is 10.4. The average molecular weight is 388 g/mol. The summed E-state index contributed by atoms with van der Waals surface area (Å²) < 4.78 is 0. The number of rotatable bonds is 4. The predicted molar refractivity (Wildman–Crippen MR) is 121 cm³/mol. The van der Waals surface area contributed by atoms with Crippen LogP contribution in [0.25, 0.3) is 16.6 Å². The summed E-state index contributed by atoms with van der Waals surface area (Å²) in [6, 6.07) is 17.3. The fourth-order valence-electron chi connectivity index (χ4n) is 4.43. The maximum Gasteiger partial charge on any atom is 0.219 e. The highest BCUT2D eigenvalue weighted by Gasteiger charge is 2.23. The van der Waals surface area contributed by atoms with E-state index in [9.17, 15) is 4.79 Å². The van der Waals surface area contributed by atoms with Crippen molar-refractivity contribution in [1.82, 2.24) is 9.88 Å². The van der Waals surface area contributed by atoms with Crippen molar-refractivity contribution in [2.24, 2.45) is 0 Å². The number of fused-ring (bicyclic) bond motifs is 1. The van der Waals surface area contributed by atoms with E-state index in [2.05, 4.69) is 72.4 Å². The summed E-state index contributed by atoms with van der Waals surface area (Å²) in [4.78, 5) is 19.6. The summed E-state index contributed by atoms with van der Waals surface area (Å²) in [6.45, 7) is 5.42. The summed E-state index contributed by atoms with van der Waals surface area (Å²) in [7, 11) is 2.16. The monoisotopic (exact) mass is 387 g/mol. The van der Waals surface area contributed by atoms with Gasteiger partial charge in [0.05, 0.1) is 0 Å². The van der Waals surface area contributed by atoms with E-state index in [1.807, 2.05) is 11.1 Å². The Morgan fingerprint density at radius 3 is 2.79 bits per heavy atom. The Morgan fingerprint density at radius 1 is 1.17 bits per heavy atom. The van der Waals surface area contributed by atoms with E-state index in [4.69, 9.17) is 0 Å². The second-order valence-electron chi connectivity index (χ2n) is 7.82. The first-order chi connectivity index (χ1) is 14.1. The number of nitrogens with one attached hydrogen (secondary N) is 1. The van der Waals surface area contributed by atoms with Gasteiger partial charge in [0.1, 0.15) is 0 Å². The number of benzene rings is 2. The van der Waals surface area contributed by atoms with Gasteiger partial charge in [-0.25, -0.2) is 0 Å². The van der Waals surface area contributed by atoms with Crippen molar-refractivity contribution in [3.63, 3.8) is 0 Å². The first-order valence-corrected chi connectivity index (χ1v) is 10.4. The maximum absolute atomic E-state index is 12.1. The number of para-hydroxylation sites is 1. The van der Waals surface area contributed by atoms with Gasteiger partial charge in [-0.1, -0.05) is 31.2 Å². The molecule has 0 saturated carbocycles. The summed E-state index contributed by atoms with van der Waals surface area (Å²) in [5.41, 5.74) is 7.45. The number of aromatic nitrogens is 1. The molecule has 1 aromatic heterocycles. The number of hydrogen-bond donors (Lipinski definition) is 1. The predicted octanol–water partition coefficient (Wildman–Crippen LogP) is 5.22. The van der Waals surface area contributed by atoms with Crippen molar-refractivity contribution in [3.8, 4) is 0 Å². The zero-order chi connectivity index (χ0) is 20.4. The van der Waals surface area contributed by atoms with E-state index in [1.165, 1.54) is 33.5 Å². The minimum absolute atomic E-state index is 0.152. The largest absolute Gasteiger partial charge is 0.361 e. The van der Waals surface area contributed by atoms with Gasteiger partial charge in [0, 0.05) is 55.5 Å². The third-order valence-electron chi connectivity index (χ3n) is 5.96. The fraction of sp³-hybridized carbons (Fsp3) is 0.320. The molecule has 0 spiro atoms. The molecule has 1 aliphatic heterocycles. The highest BCUT2D eigenvalue weighted by atomic mass is 16.2. The number of H-pyrrole nitrogens is 1. The van der Waals surface area contributed by atoms with Gasteiger partial charge < -0.3 is 14.8 Å². The molecule has 0 unspecified atom stereocenters. The van der Waals surface area contributed by atoms with Gasteiger partial charge in [-0.15, -0.1) is 0 Å². The number of aryl methyl sites for hydroxylation is 1. The first kappa shape index (κ1) is 19.3. The van der Waals surface area contributed by atoms with Crippen LogP contribution in [0.15, 0.2) is 60.3 Å². The summed E-state index contributed by atoms with van der Waals surface area (Å²) in [5.74, 6) is 0.152. The highest BCUT2D eigenvalue weighted by molar-refractivity contribution is 5.89. The average Bonchev–Trinajstić information content (AvgIpc) is 3.22. The van der Waals surface area contributed by atoms with Crippen LogP contribution in [0.4, 0.5) is 5.69 Å².